The van der Waals surface area contributed by atoms with Crippen LogP contribution in [0.2, 0.25) is 0 Å². The molecule has 0 aromatic carbocycles. The quantitative estimate of drug-likeness (QED) is 0.699. The van der Waals surface area contributed by atoms with Gasteiger partial charge in [-0.3, -0.25) is 9.89 Å². The largest absolute Gasteiger partial charge is 0.467 e. The molecule has 6 heteroatoms. The Labute approximate surface area is 91.3 Å². The normalized spacial score (nSPS) is 12.3. The average molecular weight is 221 g/mol. The number of carbonyl (C=O) groups excluding carboxylic acids is 1. The molecule has 2 rings (SSSR count). The maximum atomic E-state index is 11.6. The number of aliphatic hydroxyl groups is 1. The number of nitrogens with one attached hydrogen (secondary N) is 2. The molecule has 2 aromatic rings. The fraction of sp³-hybridized carbons (Fsp3) is 0.200. The lowest BCUT2D eigenvalue weighted by molar-refractivity contribution is 0.0902. The maximum absolute atomic E-state index is 11.6. The zero-order valence-electron chi connectivity index (χ0n) is 8.38. The molecule has 2 aromatic heterocycles. The van der Waals surface area contributed by atoms with Crippen molar-refractivity contribution in [3.05, 3.63) is 42.1 Å². The molecule has 1 amide bonds. The smallest absolute Gasteiger partial charge is 0.269 e. The maximum Gasteiger partial charge on any atom is 0.269 e. The highest BCUT2D eigenvalue weighted by molar-refractivity contribution is 5.92. The van der Waals surface area contributed by atoms with Gasteiger partial charge in [-0.1, -0.05) is 0 Å². The molecule has 3 N–H and O–H groups in total. The van der Waals surface area contributed by atoms with Crippen molar-refractivity contribution in [2.45, 2.75) is 6.04 Å². The summed E-state index contributed by atoms with van der Waals surface area (Å²) in [6, 6.07) is 4.38. The SMILES string of the molecule is O=C(NC(CO)c1ccco1)c1ccn[nH]1. The molecule has 1 atom stereocenters. The number of aromatic amines is 1. The number of aromatic nitrogens is 2. The van der Waals surface area contributed by atoms with Crippen molar-refractivity contribution in [2.24, 2.45) is 0 Å². The number of nitrogens with zero attached hydrogens (tertiary/aromatic N) is 1. The van der Waals surface area contributed by atoms with Gasteiger partial charge in [0.1, 0.15) is 17.5 Å². The van der Waals surface area contributed by atoms with E-state index in [1.165, 1.54) is 12.5 Å². The summed E-state index contributed by atoms with van der Waals surface area (Å²) in [6.07, 6.45) is 2.97. The first kappa shape index (κ1) is 10.4. The first-order valence-corrected chi connectivity index (χ1v) is 4.75. The highest BCUT2D eigenvalue weighted by Crippen LogP contribution is 2.13. The van der Waals surface area contributed by atoms with Crippen LogP contribution in [-0.4, -0.2) is 27.8 Å². The Morgan fingerprint density at radius 2 is 2.50 bits per heavy atom. The highest BCUT2D eigenvalue weighted by atomic mass is 16.3. The van der Waals surface area contributed by atoms with Crippen LogP contribution >= 0.6 is 0 Å². The van der Waals surface area contributed by atoms with Crippen LogP contribution in [0.5, 0.6) is 0 Å². The zero-order valence-corrected chi connectivity index (χ0v) is 8.38. The number of hydrogen-bond acceptors (Lipinski definition) is 4. The van der Waals surface area contributed by atoms with Crippen LogP contribution in [0.15, 0.2) is 35.1 Å². The lowest BCUT2D eigenvalue weighted by atomic mass is 10.2. The Hall–Kier alpha value is -2.08. The Morgan fingerprint density at radius 1 is 1.62 bits per heavy atom. The lowest BCUT2D eigenvalue weighted by Gasteiger charge is -2.12. The number of rotatable bonds is 4. The zero-order chi connectivity index (χ0) is 11.4. The number of H-pyrrole nitrogens is 1. The van der Waals surface area contributed by atoms with Crippen molar-refractivity contribution in [2.75, 3.05) is 6.61 Å². The lowest BCUT2D eigenvalue weighted by Crippen LogP contribution is -2.30. The average Bonchev–Trinajstić information content (AvgIpc) is 2.96. The topological polar surface area (TPSA) is 91.2 Å². The van der Waals surface area contributed by atoms with Gasteiger partial charge >= 0.3 is 0 Å². The van der Waals surface area contributed by atoms with E-state index in [1.54, 1.807) is 18.2 Å². The van der Waals surface area contributed by atoms with Crippen molar-refractivity contribution in [1.29, 1.82) is 0 Å². The summed E-state index contributed by atoms with van der Waals surface area (Å²) >= 11 is 0. The van der Waals surface area contributed by atoms with Crippen molar-refractivity contribution in [3.63, 3.8) is 0 Å². The molecule has 84 valence electrons. The fourth-order valence-corrected chi connectivity index (χ4v) is 1.31. The van der Waals surface area contributed by atoms with Crippen molar-refractivity contribution < 1.29 is 14.3 Å². The standard InChI is InChI=1S/C10H11N3O3/c14-6-8(9-2-1-5-16-9)12-10(15)7-3-4-11-13-7/h1-5,8,14H,6H2,(H,11,13)(H,12,15). The minimum absolute atomic E-state index is 0.229. The molecule has 0 spiro atoms. The van der Waals surface area contributed by atoms with E-state index in [0.29, 0.717) is 11.5 Å². The molecular weight excluding hydrogens is 210 g/mol. The molecule has 6 nitrogen and oxygen atoms in total. The monoisotopic (exact) mass is 221 g/mol. The van der Waals surface area contributed by atoms with Crippen LogP contribution in [0.1, 0.15) is 22.3 Å². The van der Waals surface area contributed by atoms with Crippen LogP contribution in [-0.2, 0) is 0 Å². The van der Waals surface area contributed by atoms with Gasteiger partial charge in [0.2, 0.25) is 0 Å². The highest BCUT2D eigenvalue weighted by Gasteiger charge is 2.17. The first-order chi connectivity index (χ1) is 7.81. The van der Waals surface area contributed by atoms with E-state index in [1.807, 2.05) is 0 Å². The van der Waals surface area contributed by atoms with E-state index in [0.717, 1.165) is 0 Å². The van der Waals surface area contributed by atoms with E-state index in [4.69, 9.17) is 9.52 Å². The Bertz CT molecular complexity index is 436. The van der Waals surface area contributed by atoms with Crippen LogP contribution in [0.3, 0.4) is 0 Å². The number of amides is 1. The number of furan rings is 1. The Morgan fingerprint density at radius 3 is 3.06 bits per heavy atom. The second kappa shape index (κ2) is 4.63. The van der Waals surface area contributed by atoms with Crippen LogP contribution in [0.4, 0.5) is 0 Å². The van der Waals surface area contributed by atoms with Crippen molar-refractivity contribution in [1.82, 2.24) is 15.5 Å². The molecule has 0 aliphatic carbocycles. The Balaban J connectivity index is 2.05. The van der Waals surface area contributed by atoms with Gasteiger partial charge in [0.15, 0.2) is 0 Å². The van der Waals surface area contributed by atoms with Gasteiger partial charge in [0.25, 0.3) is 5.91 Å². The minimum Gasteiger partial charge on any atom is -0.467 e. The molecule has 0 saturated heterocycles. The van der Waals surface area contributed by atoms with E-state index in [2.05, 4.69) is 15.5 Å². The van der Waals surface area contributed by atoms with Crippen LogP contribution in [0.25, 0.3) is 0 Å². The molecule has 2 heterocycles. The minimum atomic E-state index is -0.550. The number of hydrogen-bond donors (Lipinski definition) is 3. The summed E-state index contributed by atoms with van der Waals surface area (Å²) in [7, 11) is 0. The first-order valence-electron chi connectivity index (χ1n) is 4.75. The summed E-state index contributed by atoms with van der Waals surface area (Å²) in [4.78, 5) is 11.6. The molecule has 1 unspecified atom stereocenters. The predicted molar refractivity (Wildman–Crippen MR) is 54.6 cm³/mol. The second-order valence-corrected chi connectivity index (χ2v) is 3.19. The van der Waals surface area contributed by atoms with Gasteiger partial charge in [0, 0.05) is 6.20 Å². The van der Waals surface area contributed by atoms with E-state index >= 15 is 0 Å². The third-order valence-corrected chi connectivity index (χ3v) is 2.12. The number of aliphatic hydroxyl groups excluding tert-OH is 1. The van der Waals surface area contributed by atoms with E-state index in [9.17, 15) is 4.79 Å². The predicted octanol–water partition coefficient (Wildman–Crippen LogP) is 0.466. The molecule has 0 aliphatic rings. The van der Waals surface area contributed by atoms with Gasteiger partial charge in [-0.05, 0) is 18.2 Å². The fourth-order valence-electron chi connectivity index (χ4n) is 1.31. The van der Waals surface area contributed by atoms with Gasteiger partial charge in [-0.15, -0.1) is 0 Å². The van der Waals surface area contributed by atoms with Crippen molar-refractivity contribution in [3.8, 4) is 0 Å². The molecular formula is C10H11N3O3. The van der Waals surface area contributed by atoms with Gasteiger partial charge in [0.05, 0.1) is 12.9 Å². The summed E-state index contributed by atoms with van der Waals surface area (Å²) in [5.41, 5.74) is 0.338. The Kier molecular flexibility index (Phi) is 3.02. The molecule has 0 radical (unpaired) electrons. The summed E-state index contributed by atoms with van der Waals surface area (Å²) < 4.78 is 5.10. The van der Waals surface area contributed by atoms with Crippen LogP contribution < -0.4 is 5.32 Å². The molecule has 0 saturated carbocycles. The molecule has 0 fully saturated rings. The van der Waals surface area contributed by atoms with Gasteiger partial charge < -0.3 is 14.8 Å². The van der Waals surface area contributed by atoms with Gasteiger partial charge in [-0.25, -0.2) is 0 Å². The van der Waals surface area contributed by atoms with Crippen LogP contribution in [0, 0.1) is 0 Å². The third kappa shape index (κ3) is 2.12. The summed E-state index contributed by atoms with van der Waals surface area (Å²) in [5, 5.41) is 18.0. The summed E-state index contributed by atoms with van der Waals surface area (Å²) in [6.45, 7) is -0.229. The van der Waals surface area contributed by atoms with Crippen molar-refractivity contribution >= 4 is 5.91 Å². The van der Waals surface area contributed by atoms with E-state index in [-0.39, 0.29) is 12.5 Å². The molecule has 0 bridgehead atoms. The number of carbonyl (C=O) groups is 1. The van der Waals surface area contributed by atoms with E-state index < -0.39 is 6.04 Å². The molecule has 16 heavy (non-hydrogen) atoms. The van der Waals surface area contributed by atoms with Gasteiger partial charge in [-0.2, -0.15) is 5.10 Å². The summed E-state index contributed by atoms with van der Waals surface area (Å²) in [5.74, 6) is 0.170. The third-order valence-electron chi connectivity index (χ3n) is 2.12. The second-order valence-electron chi connectivity index (χ2n) is 3.19. The molecule has 0 aliphatic heterocycles.